The molecule has 1 nitrogen and oxygen atoms in total. The highest BCUT2D eigenvalue weighted by Gasteiger charge is 2.38. The van der Waals surface area contributed by atoms with E-state index in [1.807, 2.05) is 0 Å². The van der Waals surface area contributed by atoms with Crippen molar-refractivity contribution >= 4 is 17.1 Å². The summed E-state index contributed by atoms with van der Waals surface area (Å²) in [4.78, 5) is 2.48. The molecule has 0 aliphatic heterocycles. The van der Waals surface area contributed by atoms with Crippen LogP contribution in [0, 0.1) is 6.92 Å². The van der Waals surface area contributed by atoms with Crippen LogP contribution in [0.25, 0.3) is 44.5 Å². The van der Waals surface area contributed by atoms with Crippen LogP contribution < -0.4 is 4.90 Å². The fourth-order valence-electron chi connectivity index (χ4n) is 10.8. The molecule has 7 aromatic rings. The van der Waals surface area contributed by atoms with E-state index in [0.717, 1.165) is 17.1 Å². The summed E-state index contributed by atoms with van der Waals surface area (Å²) in [6.07, 6.45) is 0. The summed E-state index contributed by atoms with van der Waals surface area (Å²) in [5, 5.41) is 0. The smallest absolute Gasteiger partial charge is 0.0474 e. The van der Waals surface area contributed by atoms with E-state index < -0.39 is 0 Å². The molecular weight excluding hydrogens is 795 g/mol. The third kappa shape index (κ3) is 7.65. The zero-order valence-corrected chi connectivity index (χ0v) is 43.1. The zero-order chi connectivity index (χ0) is 47.7. The van der Waals surface area contributed by atoms with Crippen LogP contribution >= 0.6 is 0 Å². The summed E-state index contributed by atoms with van der Waals surface area (Å²) in [5.74, 6) is 0. The van der Waals surface area contributed by atoms with Gasteiger partial charge in [-0.2, -0.15) is 0 Å². The molecule has 0 spiro atoms. The van der Waals surface area contributed by atoms with Gasteiger partial charge in [0.25, 0.3) is 0 Å². The van der Waals surface area contributed by atoms with E-state index in [-0.39, 0.29) is 32.5 Å². The molecule has 0 bridgehead atoms. The molecule has 9 rings (SSSR count). The molecule has 0 saturated heterocycles. The first-order valence-electron chi connectivity index (χ1n) is 24.4. The molecule has 0 saturated carbocycles. The lowest BCUT2D eigenvalue weighted by Gasteiger charge is -2.30. The van der Waals surface area contributed by atoms with Gasteiger partial charge in [0.1, 0.15) is 0 Å². The van der Waals surface area contributed by atoms with E-state index in [4.69, 9.17) is 0 Å². The van der Waals surface area contributed by atoms with Crippen LogP contribution in [0.4, 0.5) is 17.1 Å². The second kappa shape index (κ2) is 15.2. The summed E-state index contributed by atoms with van der Waals surface area (Å²) in [7, 11) is 0. The predicted octanol–water partition coefficient (Wildman–Crippen LogP) is 18.6. The Morgan fingerprint density at radius 3 is 0.909 bits per heavy atom. The molecular formula is C65H73N. The number of benzene rings is 7. The summed E-state index contributed by atoms with van der Waals surface area (Å²) < 4.78 is 0. The Morgan fingerprint density at radius 2 is 0.591 bits per heavy atom. The maximum absolute atomic E-state index is 2.51. The number of fused-ring (bicyclic) bond motifs is 6. The maximum atomic E-state index is 2.51. The van der Waals surface area contributed by atoms with Crippen LogP contribution in [0.3, 0.4) is 0 Å². The predicted molar refractivity (Wildman–Crippen MR) is 287 cm³/mol. The van der Waals surface area contributed by atoms with Crippen molar-refractivity contribution in [1.82, 2.24) is 0 Å². The Bertz CT molecular complexity index is 2830. The monoisotopic (exact) mass is 868 g/mol. The van der Waals surface area contributed by atoms with Gasteiger partial charge in [-0.1, -0.05) is 196 Å². The quantitative estimate of drug-likeness (QED) is 0.167. The number of rotatable bonds is 5. The highest BCUT2D eigenvalue weighted by atomic mass is 15.1. The van der Waals surface area contributed by atoms with Crippen molar-refractivity contribution in [2.45, 2.75) is 150 Å². The summed E-state index contributed by atoms with van der Waals surface area (Å²) >= 11 is 0. The van der Waals surface area contributed by atoms with Gasteiger partial charge >= 0.3 is 0 Å². The third-order valence-electron chi connectivity index (χ3n) is 15.3. The Balaban J connectivity index is 1.27. The minimum Gasteiger partial charge on any atom is -0.310 e. The third-order valence-corrected chi connectivity index (χ3v) is 15.3. The van der Waals surface area contributed by atoms with E-state index in [1.54, 1.807) is 0 Å². The van der Waals surface area contributed by atoms with Crippen LogP contribution in [0.15, 0.2) is 133 Å². The lowest BCUT2D eigenvalue weighted by atomic mass is 9.78. The molecule has 1 heteroatoms. The Morgan fingerprint density at radius 1 is 0.303 bits per heavy atom. The Labute approximate surface area is 398 Å². The number of hydrogen-bond donors (Lipinski definition) is 0. The van der Waals surface area contributed by atoms with Crippen molar-refractivity contribution in [3.05, 3.63) is 184 Å². The van der Waals surface area contributed by atoms with Crippen molar-refractivity contribution in [2.75, 3.05) is 4.90 Å². The molecule has 66 heavy (non-hydrogen) atoms. The minimum atomic E-state index is -0.140. The molecule has 2 aliphatic carbocycles. The summed E-state index contributed by atoms with van der Waals surface area (Å²) in [5.41, 5.74) is 26.2. The van der Waals surface area contributed by atoms with E-state index in [0.29, 0.717) is 0 Å². The molecule has 0 heterocycles. The van der Waals surface area contributed by atoms with Gasteiger partial charge in [-0.15, -0.1) is 0 Å². The second-order valence-corrected chi connectivity index (χ2v) is 24.9. The van der Waals surface area contributed by atoms with Gasteiger partial charge in [0.15, 0.2) is 0 Å². The number of hydrogen-bond acceptors (Lipinski definition) is 1. The van der Waals surface area contributed by atoms with Crippen molar-refractivity contribution < 1.29 is 0 Å². The van der Waals surface area contributed by atoms with Crippen LogP contribution in [0.5, 0.6) is 0 Å². The van der Waals surface area contributed by atoms with Crippen molar-refractivity contribution in [2.24, 2.45) is 0 Å². The van der Waals surface area contributed by atoms with Crippen LogP contribution in [0.1, 0.15) is 161 Å². The largest absolute Gasteiger partial charge is 0.310 e. The summed E-state index contributed by atoms with van der Waals surface area (Å²) in [6.45, 7) is 39.7. The van der Waals surface area contributed by atoms with Gasteiger partial charge in [0.05, 0.1) is 0 Å². The van der Waals surface area contributed by atoms with Gasteiger partial charge in [0.2, 0.25) is 0 Å². The average molecular weight is 868 g/mol. The Kier molecular flexibility index (Phi) is 10.5. The first kappa shape index (κ1) is 45.5. The van der Waals surface area contributed by atoms with Crippen molar-refractivity contribution in [1.29, 1.82) is 0 Å². The zero-order valence-electron chi connectivity index (χ0n) is 43.1. The highest BCUT2D eigenvalue weighted by molar-refractivity contribution is 5.92. The van der Waals surface area contributed by atoms with E-state index in [1.165, 1.54) is 94.6 Å². The van der Waals surface area contributed by atoms with Crippen LogP contribution in [-0.4, -0.2) is 0 Å². The van der Waals surface area contributed by atoms with Crippen LogP contribution in [0.2, 0.25) is 0 Å². The van der Waals surface area contributed by atoms with Gasteiger partial charge in [0, 0.05) is 27.9 Å². The number of anilines is 3. The fraction of sp³-hybridized carbons (Fsp3) is 0.354. The van der Waals surface area contributed by atoms with Gasteiger partial charge in [-0.05, 0) is 172 Å². The van der Waals surface area contributed by atoms with Crippen LogP contribution in [-0.2, 0) is 32.5 Å². The molecule has 0 amide bonds. The van der Waals surface area contributed by atoms with Gasteiger partial charge in [-0.25, -0.2) is 0 Å². The minimum absolute atomic E-state index is 0.0482. The number of nitrogens with zero attached hydrogens (tertiary/aromatic N) is 1. The lowest BCUT2D eigenvalue weighted by molar-refractivity contribution is 0.584. The first-order chi connectivity index (χ1) is 30.7. The molecule has 0 fully saturated rings. The normalized spacial score (nSPS) is 15.0. The lowest BCUT2D eigenvalue weighted by Crippen LogP contribution is -2.18. The van der Waals surface area contributed by atoms with Gasteiger partial charge in [-0.3, -0.25) is 0 Å². The van der Waals surface area contributed by atoms with E-state index >= 15 is 0 Å². The molecule has 7 aromatic carbocycles. The fourth-order valence-corrected chi connectivity index (χ4v) is 10.8. The molecule has 0 atom stereocenters. The standard InChI is InChI=1S/C65H73N/c1-40-54(41-18-30-50-52-32-24-45(62(8,9)10)36-58(52)64(14,15)56(50)34-41)38-49(66(47-26-20-43(21-27-47)60(2,3)4)48-28-22-44(23-29-48)61(5,6)7)39-55(40)42-19-31-51-53-33-25-46(63(11,12)13)37-59(53)65(16,17)57(51)35-42/h18-39H,1-17H3. The Hall–Kier alpha value is -5.66. The van der Waals surface area contributed by atoms with E-state index in [2.05, 4.69) is 256 Å². The van der Waals surface area contributed by atoms with Gasteiger partial charge < -0.3 is 4.90 Å². The molecule has 0 N–H and O–H groups in total. The topological polar surface area (TPSA) is 3.24 Å². The van der Waals surface area contributed by atoms with Crippen molar-refractivity contribution in [3.8, 4) is 44.5 Å². The summed E-state index contributed by atoms with van der Waals surface area (Å²) in [6, 6.07) is 52.4. The maximum Gasteiger partial charge on any atom is 0.0474 e. The van der Waals surface area contributed by atoms with Crippen molar-refractivity contribution in [3.63, 3.8) is 0 Å². The molecule has 0 unspecified atom stereocenters. The molecule has 2 aliphatic rings. The molecule has 0 radical (unpaired) electrons. The first-order valence-corrected chi connectivity index (χ1v) is 24.4. The highest BCUT2D eigenvalue weighted by Crippen LogP contribution is 2.54. The molecule has 0 aromatic heterocycles. The average Bonchev–Trinajstić information content (AvgIpc) is 3.61. The second-order valence-electron chi connectivity index (χ2n) is 24.9. The molecule has 338 valence electrons. The SMILES string of the molecule is Cc1c(-c2ccc3c(c2)C(C)(C)c2cc(C(C)(C)C)ccc2-3)cc(N(c2ccc(C(C)(C)C)cc2)c2ccc(C(C)(C)C)cc2)cc1-c1ccc2c(c1)C(C)(C)c1cc(C(C)(C)C)ccc1-2. The van der Waals surface area contributed by atoms with E-state index in [9.17, 15) is 0 Å².